The summed E-state index contributed by atoms with van der Waals surface area (Å²) in [6.45, 7) is 0.0132. The van der Waals surface area contributed by atoms with E-state index in [2.05, 4.69) is 10.0 Å². The summed E-state index contributed by atoms with van der Waals surface area (Å²) in [6.07, 6.45) is 5.83. The molecule has 1 aliphatic carbocycles. The Labute approximate surface area is 148 Å². The number of esters is 1. The molecule has 1 aliphatic rings. The molecule has 1 aromatic rings. The van der Waals surface area contributed by atoms with Crippen LogP contribution in [0.5, 0.6) is 0 Å². The third-order valence-electron chi connectivity index (χ3n) is 4.02. The molecule has 1 fully saturated rings. The highest BCUT2D eigenvalue weighted by Gasteiger charge is 2.18. The Morgan fingerprint density at radius 2 is 1.80 bits per heavy atom. The molecule has 0 bridgehead atoms. The molecule has 0 saturated heterocycles. The molecule has 0 heterocycles. The van der Waals surface area contributed by atoms with E-state index in [9.17, 15) is 18.0 Å². The Morgan fingerprint density at radius 1 is 1.16 bits per heavy atom. The highest BCUT2D eigenvalue weighted by atomic mass is 32.2. The van der Waals surface area contributed by atoms with Crippen molar-refractivity contribution in [3.8, 4) is 0 Å². The first-order valence-electron chi connectivity index (χ1n) is 8.33. The molecule has 0 aromatic heterocycles. The molecular weight excluding hydrogens is 344 g/mol. The van der Waals surface area contributed by atoms with Crippen LogP contribution in [0.1, 0.15) is 41.6 Å². The van der Waals surface area contributed by atoms with Crippen molar-refractivity contribution >= 4 is 21.9 Å². The summed E-state index contributed by atoms with van der Waals surface area (Å²) in [6, 6.07) is 6.88. The van der Waals surface area contributed by atoms with E-state index in [1.807, 2.05) is 0 Å². The number of carbonyl (C=O) groups is 2. The predicted molar refractivity (Wildman–Crippen MR) is 93.7 cm³/mol. The SMILES string of the molecule is CS(=O)(=O)NCCc1ccc(C(=O)OCC(=O)NC2CCCC2)cc1. The van der Waals surface area contributed by atoms with E-state index < -0.39 is 16.0 Å². The maximum Gasteiger partial charge on any atom is 0.338 e. The van der Waals surface area contributed by atoms with Gasteiger partial charge in [0.2, 0.25) is 10.0 Å². The van der Waals surface area contributed by atoms with Gasteiger partial charge in [-0.1, -0.05) is 25.0 Å². The second-order valence-electron chi connectivity index (χ2n) is 6.24. The van der Waals surface area contributed by atoms with Crippen LogP contribution in [0.4, 0.5) is 0 Å². The van der Waals surface area contributed by atoms with Crippen molar-refractivity contribution in [2.24, 2.45) is 0 Å². The van der Waals surface area contributed by atoms with Gasteiger partial charge in [0.15, 0.2) is 6.61 Å². The van der Waals surface area contributed by atoms with E-state index in [1.54, 1.807) is 24.3 Å². The van der Waals surface area contributed by atoms with Crippen molar-refractivity contribution in [1.29, 1.82) is 0 Å². The predicted octanol–water partition coefficient (Wildman–Crippen LogP) is 0.994. The zero-order valence-electron chi connectivity index (χ0n) is 14.3. The minimum absolute atomic E-state index is 0.200. The molecule has 0 unspecified atom stereocenters. The van der Waals surface area contributed by atoms with Crippen LogP contribution in [0.3, 0.4) is 0 Å². The Bertz CT molecular complexity index is 694. The fraction of sp³-hybridized carbons (Fsp3) is 0.529. The second-order valence-corrected chi connectivity index (χ2v) is 8.07. The maximum absolute atomic E-state index is 11.9. The summed E-state index contributed by atoms with van der Waals surface area (Å²) in [5.41, 5.74) is 1.25. The summed E-state index contributed by atoms with van der Waals surface area (Å²) in [5, 5.41) is 2.86. The molecule has 138 valence electrons. The van der Waals surface area contributed by atoms with Gasteiger partial charge in [-0.3, -0.25) is 4.79 Å². The normalized spacial score (nSPS) is 15.1. The number of benzene rings is 1. The highest BCUT2D eigenvalue weighted by molar-refractivity contribution is 7.88. The Balaban J connectivity index is 1.74. The molecule has 7 nitrogen and oxygen atoms in total. The first-order valence-corrected chi connectivity index (χ1v) is 10.2. The van der Waals surface area contributed by atoms with Crippen LogP contribution in [0.2, 0.25) is 0 Å². The van der Waals surface area contributed by atoms with Gasteiger partial charge in [-0.2, -0.15) is 0 Å². The lowest BCUT2D eigenvalue weighted by Crippen LogP contribution is -2.35. The molecule has 0 spiro atoms. The van der Waals surface area contributed by atoms with Crippen LogP contribution in [0, 0.1) is 0 Å². The van der Waals surface area contributed by atoms with Gasteiger partial charge in [0, 0.05) is 12.6 Å². The Morgan fingerprint density at radius 3 is 2.40 bits per heavy atom. The minimum Gasteiger partial charge on any atom is -0.452 e. The fourth-order valence-corrected chi connectivity index (χ4v) is 3.22. The zero-order valence-corrected chi connectivity index (χ0v) is 15.1. The zero-order chi connectivity index (χ0) is 18.3. The average molecular weight is 368 g/mol. The molecule has 1 amide bonds. The maximum atomic E-state index is 11.9. The van der Waals surface area contributed by atoms with Crippen LogP contribution in [-0.2, 0) is 26.0 Å². The smallest absolute Gasteiger partial charge is 0.338 e. The van der Waals surface area contributed by atoms with E-state index in [0.717, 1.165) is 37.5 Å². The molecule has 0 radical (unpaired) electrons. The van der Waals surface area contributed by atoms with Crippen LogP contribution >= 0.6 is 0 Å². The molecule has 2 rings (SSSR count). The molecule has 0 atom stereocenters. The number of sulfonamides is 1. The molecule has 25 heavy (non-hydrogen) atoms. The Hall–Kier alpha value is -1.93. The van der Waals surface area contributed by atoms with Gasteiger partial charge < -0.3 is 10.1 Å². The minimum atomic E-state index is -3.20. The van der Waals surface area contributed by atoms with E-state index in [0.29, 0.717) is 18.5 Å². The lowest BCUT2D eigenvalue weighted by molar-refractivity contribution is -0.124. The molecule has 0 aliphatic heterocycles. The third kappa shape index (κ3) is 7.23. The summed E-state index contributed by atoms with van der Waals surface area (Å²) >= 11 is 0. The molecule has 2 N–H and O–H groups in total. The van der Waals surface area contributed by atoms with Gasteiger partial charge in [0.1, 0.15) is 0 Å². The summed E-state index contributed by atoms with van der Waals surface area (Å²) < 4.78 is 29.4. The van der Waals surface area contributed by atoms with Crippen molar-refractivity contribution in [2.75, 3.05) is 19.4 Å². The number of nitrogens with one attached hydrogen (secondary N) is 2. The topological polar surface area (TPSA) is 102 Å². The largest absolute Gasteiger partial charge is 0.452 e. The van der Waals surface area contributed by atoms with Gasteiger partial charge in [-0.25, -0.2) is 17.9 Å². The Kier molecular flexibility index (Phi) is 6.95. The third-order valence-corrected chi connectivity index (χ3v) is 4.75. The number of carbonyl (C=O) groups excluding carboxylic acids is 2. The van der Waals surface area contributed by atoms with Crippen molar-refractivity contribution < 1.29 is 22.7 Å². The van der Waals surface area contributed by atoms with E-state index in [1.165, 1.54) is 0 Å². The van der Waals surface area contributed by atoms with Crippen LogP contribution in [-0.4, -0.2) is 45.7 Å². The van der Waals surface area contributed by atoms with Crippen molar-refractivity contribution in [2.45, 2.75) is 38.1 Å². The fourth-order valence-electron chi connectivity index (χ4n) is 2.74. The monoisotopic (exact) mass is 368 g/mol. The molecule has 1 aromatic carbocycles. The first-order chi connectivity index (χ1) is 11.8. The first kappa shape index (κ1) is 19.4. The van der Waals surface area contributed by atoms with E-state index in [-0.39, 0.29) is 18.6 Å². The van der Waals surface area contributed by atoms with Crippen molar-refractivity contribution in [1.82, 2.24) is 10.0 Å². The van der Waals surface area contributed by atoms with Gasteiger partial charge in [-0.05, 0) is 37.0 Å². The standard InChI is InChI=1S/C17H24N2O5S/c1-25(22,23)18-11-10-13-6-8-14(9-7-13)17(21)24-12-16(20)19-15-4-2-3-5-15/h6-9,15,18H,2-5,10-12H2,1H3,(H,19,20). The number of hydrogen-bond acceptors (Lipinski definition) is 5. The highest BCUT2D eigenvalue weighted by Crippen LogP contribution is 2.17. The van der Waals surface area contributed by atoms with Crippen LogP contribution in [0.25, 0.3) is 0 Å². The summed E-state index contributed by atoms with van der Waals surface area (Å²) in [7, 11) is -3.20. The molecule has 1 saturated carbocycles. The van der Waals surface area contributed by atoms with Gasteiger partial charge >= 0.3 is 5.97 Å². The van der Waals surface area contributed by atoms with E-state index >= 15 is 0 Å². The van der Waals surface area contributed by atoms with Gasteiger partial charge in [-0.15, -0.1) is 0 Å². The average Bonchev–Trinajstić information content (AvgIpc) is 3.05. The molecular formula is C17H24N2O5S. The quantitative estimate of drug-likeness (QED) is 0.667. The van der Waals surface area contributed by atoms with Gasteiger partial charge in [0.25, 0.3) is 5.91 Å². The number of hydrogen-bond donors (Lipinski definition) is 2. The lowest BCUT2D eigenvalue weighted by atomic mass is 10.1. The van der Waals surface area contributed by atoms with Crippen LogP contribution < -0.4 is 10.0 Å². The summed E-state index contributed by atoms with van der Waals surface area (Å²) in [4.78, 5) is 23.7. The van der Waals surface area contributed by atoms with Gasteiger partial charge in [0.05, 0.1) is 11.8 Å². The van der Waals surface area contributed by atoms with Crippen molar-refractivity contribution in [3.05, 3.63) is 35.4 Å². The van der Waals surface area contributed by atoms with E-state index in [4.69, 9.17) is 4.74 Å². The number of ether oxygens (including phenoxy) is 1. The van der Waals surface area contributed by atoms with Crippen LogP contribution in [0.15, 0.2) is 24.3 Å². The lowest BCUT2D eigenvalue weighted by Gasteiger charge is -2.12. The summed E-state index contributed by atoms with van der Waals surface area (Å²) in [5.74, 6) is -0.828. The second kappa shape index (κ2) is 8.96. The number of rotatable bonds is 8. The number of amides is 1. The van der Waals surface area contributed by atoms with Crippen molar-refractivity contribution in [3.63, 3.8) is 0 Å². The molecule has 8 heteroatoms.